The Morgan fingerprint density at radius 3 is 1.69 bits per heavy atom. The minimum atomic E-state index is -0.397. The number of esters is 2. The van der Waals surface area contributed by atoms with E-state index >= 15 is 0 Å². The Balaban J connectivity index is 1.89. The molecule has 0 bridgehead atoms. The van der Waals surface area contributed by atoms with E-state index in [0.717, 1.165) is 0 Å². The molecule has 2 fully saturated rings. The van der Waals surface area contributed by atoms with Crippen molar-refractivity contribution in [1.29, 1.82) is 0 Å². The van der Waals surface area contributed by atoms with E-state index in [1.165, 1.54) is 13.8 Å². The summed E-state index contributed by atoms with van der Waals surface area (Å²) in [5.41, 5.74) is 0. The van der Waals surface area contributed by atoms with Crippen molar-refractivity contribution in [2.45, 2.75) is 38.3 Å². The number of carbonyl (C=O) groups is 2. The molecule has 0 unspecified atom stereocenters. The van der Waals surface area contributed by atoms with E-state index in [4.69, 9.17) is 14.2 Å². The predicted molar refractivity (Wildman–Crippen MR) is 39.8 cm³/mol. The molecule has 5 nitrogen and oxygen atoms in total. The van der Waals surface area contributed by atoms with Gasteiger partial charge in [0.25, 0.3) is 0 Å². The maximum atomic E-state index is 10.6. The summed E-state index contributed by atoms with van der Waals surface area (Å²) in [7, 11) is 0. The molecule has 1 heterocycles. The number of fused-ring (bicyclic) bond motifs is 1. The number of hydrogen-bond acceptors (Lipinski definition) is 5. The largest absolute Gasteiger partial charge is 0.456 e. The molecule has 0 aromatic carbocycles. The van der Waals surface area contributed by atoms with Crippen molar-refractivity contribution in [2.75, 3.05) is 0 Å². The second-order valence-corrected chi connectivity index (χ2v) is 3.21. The van der Waals surface area contributed by atoms with E-state index in [0.29, 0.717) is 0 Å². The van der Waals surface area contributed by atoms with Crippen molar-refractivity contribution in [3.8, 4) is 0 Å². The summed E-state index contributed by atoms with van der Waals surface area (Å²) < 4.78 is 14.9. The van der Waals surface area contributed by atoms with Crippen LogP contribution in [0.15, 0.2) is 0 Å². The van der Waals surface area contributed by atoms with Crippen LogP contribution in [-0.4, -0.2) is 36.4 Å². The maximum Gasteiger partial charge on any atom is 0.303 e. The van der Waals surface area contributed by atoms with Crippen molar-refractivity contribution < 1.29 is 23.8 Å². The topological polar surface area (TPSA) is 65.1 Å². The van der Waals surface area contributed by atoms with Crippen LogP contribution in [-0.2, 0) is 23.8 Å². The van der Waals surface area contributed by atoms with Crippen LogP contribution in [0.1, 0.15) is 13.8 Å². The molecule has 1 aliphatic carbocycles. The van der Waals surface area contributed by atoms with Gasteiger partial charge in [-0.1, -0.05) is 0 Å². The number of ether oxygens (including phenoxy) is 3. The molecule has 0 aromatic heterocycles. The van der Waals surface area contributed by atoms with Gasteiger partial charge in [0.05, 0.1) is 0 Å². The third-order valence-electron chi connectivity index (χ3n) is 2.14. The van der Waals surface area contributed by atoms with E-state index < -0.39 is 12.2 Å². The lowest BCUT2D eigenvalue weighted by Gasteiger charge is -2.29. The van der Waals surface area contributed by atoms with Gasteiger partial charge in [-0.25, -0.2) is 0 Å². The molecule has 0 N–H and O–H groups in total. The van der Waals surface area contributed by atoms with Crippen LogP contribution in [0.5, 0.6) is 0 Å². The van der Waals surface area contributed by atoms with E-state index in [1.807, 2.05) is 0 Å². The SMILES string of the molecule is CC(=O)O[C@@H]1[C@H](OC(C)=O)[C@H]2O[C@@H]12. The van der Waals surface area contributed by atoms with Gasteiger partial charge in [-0.15, -0.1) is 0 Å². The first kappa shape index (κ1) is 8.50. The smallest absolute Gasteiger partial charge is 0.303 e. The van der Waals surface area contributed by atoms with Crippen LogP contribution in [0.2, 0.25) is 0 Å². The normalized spacial score (nSPS) is 39.8. The highest BCUT2D eigenvalue weighted by atomic mass is 16.7. The average molecular weight is 186 g/mol. The van der Waals surface area contributed by atoms with Crippen molar-refractivity contribution in [1.82, 2.24) is 0 Å². The van der Waals surface area contributed by atoms with Gasteiger partial charge in [-0.3, -0.25) is 9.59 Å². The van der Waals surface area contributed by atoms with E-state index in [2.05, 4.69) is 0 Å². The molecule has 13 heavy (non-hydrogen) atoms. The Bertz CT molecular complexity index is 235. The van der Waals surface area contributed by atoms with Gasteiger partial charge in [-0.2, -0.15) is 0 Å². The summed E-state index contributed by atoms with van der Waals surface area (Å²) in [5.74, 6) is -0.757. The molecule has 0 aromatic rings. The Labute approximate surface area is 74.9 Å². The predicted octanol–water partition coefficient (Wildman–Crippen LogP) is -0.369. The monoisotopic (exact) mass is 186 g/mol. The fourth-order valence-electron chi connectivity index (χ4n) is 1.54. The van der Waals surface area contributed by atoms with Gasteiger partial charge in [0, 0.05) is 13.8 Å². The minimum Gasteiger partial charge on any atom is -0.456 e. The van der Waals surface area contributed by atoms with Gasteiger partial charge in [0.1, 0.15) is 12.2 Å². The standard InChI is InChI=1S/C8H10O5/c1-3(9)11-5-6(12-4(2)10)8-7(5)13-8/h5-8H,1-2H3/t5-,6+,7+,8-. The highest BCUT2D eigenvalue weighted by Crippen LogP contribution is 2.45. The summed E-state index contributed by atoms with van der Waals surface area (Å²) in [5, 5.41) is 0. The average Bonchev–Trinajstić information content (AvgIpc) is 2.71. The highest BCUT2D eigenvalue weighted by Gasteiger charge is 2.68. The Hall–Kier alpha value is -1.10. The lowest BCUT2D eigenvalue weighted by Crippen LogP contribution is -2.51. The Morgan fingerprint density at radius 2 is 1.38 bits per heavy atom. The van der Waals surface area contributed by atoms with E-state index in [-0.39, 0.29) is 24.1 Å². The second-order valence-electron chi connectivity index (χ2n) is 3.21. The summed E-state index contributed by atoms with van der Waals surface area (Å²) >= 11 is 0. The molecule has 2 aliphatic rings. The molecular formula is C8H10O5. The van der Waals surface area contributed by atoms with Crippen LogP contribution >= 0.6 is 0 Å². The van der Waals surface area contributed by atoms with E-state index in [9.17, 15) is 9.59 Å². The Kier molecular flexibility index (Phi) is 1.76. The third kappa shape index (κ3) is 1.39. The molecule has 0 amide bonds. The summed E-state index contributed by atoms with van der Waals surface area (Å²) in [4.78, 5) is 21.2. The van der Waals surface area contributed by atoms with Gasteiger partial charge in [0.2, 0.25) is 0 Å². The van der Waals surface area contributed by atoms with Crippen molar-refractivity contribution in [3.63, 3.8) is 0 Å². The molecule has 2 rings (SSSR count). The van der Waals surface area contributed by atoms with Crippen molar-refractivity contribution >= 4 is 11.9 Å². The van der Waals surface area contributed by atoms with Gasteiger partial charge < -0.3 is 14.2 Å². The van der Waals surface area contributed by atoms with Crippen LogP contribution in [0.4, 0.5) is 0 Å². The molecule has 0 spiro atoms. The second kappa shape index (κ2) is 2.70. The molecule has 72 valence electrons. The zero-order chi connectivity index (χ0) is 9.59. The fourth-order valence-corrected chi connectivity index (χ4v) is 1.54. The molecular weight excluding hydrogens is 176 g/mol. The molecule has 5 heteroatoms. The highest BCUT2D eigenvalue weighted by molar-refractivity contribution is 5.68. The third-order valence-corrected chi connectivity index (χ3v) is 2.14. The quantitative estimate of drug-likeness (QED) is 0.435. The number of rotatable bonds is 2. The Morgan fingerprint density at radius 1 is 1.00 bits per heavy atom. The number of hydrogen-bond donors (Lipinski definition) is 0. The number of carbonyl (C=O) groups excluding carboxylic acids is 2. The van der Waals surface area contributed by atoms with Gasteiger partial charge in [0.15, 0.2) is 12.2 Å². The summed E-state index contributed by atoms with van der Waals surface area (Å²) in [6, 6.07) is 0. The lowest BCUT2D eigenvalue weighted by atomic mass is 9.92. The summed E-state index contributed by atoms with van der Waals surface area (Å²) in [6.45, 7) is 2.64. The maximum absolute atomic E-state index is 10.6. The van der Waals surface area contributed by atoms with Crippen molar-refractivity contribution in [3.05, 3.63) is 0 Å². The lowest BCUT2D eigenvalue weighted by molar-refractivity contribution is -0.171. The van der Waals surface area contributed by atoms with Gasteiger partial charge in [-0.05, 0) is 0 Å². The van der Waals surface area contributed by atoms with Crippen LogP contribution < -0.4 is 0 Å². The zero-order valence-electron chi connectivity index (χ0n) is 7.35. The fraction of sp³-hybridized carbons (Fsp3) is 0.750. The first-order valence-corrected chi connectivity index (χ1v) is 4.09. The van der Waals surface area contributed by atoms with Crippen LogP contribution in [0.3, 0.4) is 0 Å². The molecule has 4 atom stereocenters. The first-order valence-electron chi connectivity index (χ1n) is 4.09. The minimum absolute atomic E-state index is 0.0479. The zero-order valence-corrected chi connectivity index (χ0v) is 7.35. The van der Waals surface area contributed by atoms with Crippen LogP contribution in [0.25, 0.3) is 0 Å². The number of epoxide rings is 1. The van der Waals surface area contributed by atoms with Gasteiger partial charge >= 0.3 is 11.9 Å². The summed E-state index contributed by atoms with van der Waals surface area (Å²) in [6.07, 6.45) is -0.890. The molecule has 0 radical (unpaired) electrons. The van der Waals surface area contributed by atoms with Crippen LogP contribution in [0, 0.1) is 0 Å². The van der Waals surface area contributed by atoms with Crippen molar-refractivity contribution in [2.24, 2.45) is 0 Å². The van der Waals surface area contributed by atoms with E-state index in [1.54, 1.807) is 0 Å². The molecule has 1 saturated carbocycles. The molecule has 1 aliphatic heterocycles. The molecule has 1 saturated heterocycles. The first-order chi connectivity index (χ1) is 6.09.